The summed E-state index contributed by atoms with van der Waals surface area (Å²) in [7, 11) is -6.11. The third-order valence-corrected chi connectivity index (χ3v) is 17.0. The van der Waals surface area contributed by atoms with Crippen LogP contribution in [0.2, 0.25) is 0 Å². The van der Waals surface area contributed by atoms with Crippen molar-refractivity contribution in [2.75, 3.05) is 35.7 Å². The monoisotopic (exact) mass is 794 g/mol. The first kappa shape index (κ1) is 38.2. The predicted octanol–water partition coefficient (Wildman–Crippen LogP) is 4.96. The van der Waals surface area contributed by atoms with Crippen LogP contribution in [-0.4, -0.2) is 64.9 Å². The minimum Gasteiger partial charge on any atom is -0.411 e. The molecule has 0 spiro atoms. The molecule has 2 aromatic rings. The smallest absolute Gasteiger partial charge is 0.332 e. The normalized spacial score (nSPS) is 26.5. The number of carbonyl (C=O) groups excluding carboxylic acids is 2. The molecule has 8 rings (SSSR count). The van der Waals surface area contributed by atoms with Gasteiger partial charge in [0.05, 0.1) is 17.2 Å². The molecule has 6 N–H and O–H groups in total. The molecule has 0 radical (unpaired) electrons. The molecule has 4 atom stereocenters. The lowest BCUT2D eigenvalue weighted by molar-refractivity contribution is 0.192. The first-order chi connectivity index (χ1) is 26.1. The third kappa shape index (κ3) is 6.81. The maximum atomic E-state index is 13.6. The quantitative estimate of drug-likeness (QED) is 0.104. The van der Waals surface area contributed by atoms with Crippen LogP contribution in [0.15, 0.2) is 17.3 Å². The zero-order valence-corrected chi connectivity index (χ0v) is 33.7. The molecule has 0 saturated heterocycles. The summed E-state index contributed by atoms with van der Waals surface area (Å²) in [6, 6.07) is 3.08. The van der Waals surface area contributed by atoms with Gasteiger partial charge < -0.3 is 21.2 Å². The molecule has 2 aromatic carbocycles. The summed E-state index contributed by atoms with van der Waals surface area (Å²) in [6.45, 7) is 4.61. The molecule has 15 heteroatoms. The Morgan fingerprint density at radius 1 is 0.764 bits per heavy atom. The molecular weight excluding hydrogens is 741 g/mol. The van der Waals surface area contributed by atoms with Gasteiger partial charge in [-0.25, -0.2) is 35.9 Å². The summed E-state index contributed by atoms with van der Waals surface area (Å²) in [5.41, 5.74) is 9.98. The summed E-state index contributed by atoms with van der Waals surface area (Å²) < 4.78 is 57.1. The molecule has 55 heavy (non-hydrogen) atoms. The van der Waals surface area contributed by atoms with Crippen LogP contribution in [0.3, 0.4) is 0 Å². The van der Waals surface area contributed by atoms with Gasteiger partial charge in [-0.1, -0.05) is 31.1 Å². The van der Waals surface area contributed by atoms with E-state index in [2.05, 4.69) is 42.7 Å². The molecule has 2 saturated carbocycles. The maximum Gasteiger partial charge on any atom is 0.332 e. The molecule has 4 amide bonds. The van der Waals surface area contributed by atoms with Gasteiger partial charge in [-0.15, -0.1) is 0 Å². The van der Waals surface area contributed by atoms with E-state index in [0.717, 1.165) is 104 Å². The van der Waals surface area contributed by atoms with Gasteiger partial charge in [-0.2, -0.15) is 0 Å². The number of carbonyl (C=O) groups is 2. The number of oxime groups is 1. The number of rotatable bonds is 11. The molecule has 298 valence electrons. The minimum atomic E-state index is -4.08. The van der Waals surface area contributed by atoms with Crippen LogP contribution >= 0.6 is 0 Å². The second-order valence-electron chi connectivity index (χ2n) is 17.5. The molecule has 0 aliphatic heterocycles. The average molecular weight is 795 g/mol. The zero-order valence-electron chi connectivity index (χ0n) is 32.1. The van der Waals surface area contributed by atoms with E-state index in [1.54, 1.807) is 7.05 Å². The van der Waals surface area contributed by atoms with Crippen molar-refractivity contribution >= 4 is 49.2 Å². The van der Waals surface area contributed by atoms with Gasteiger partial charge in [-0.05, 0) is 171 Å². The molecule has 3 unspecified atom stereocenters. The highest BCUT2D eigenvalue weighted by Gasteiger charge is 2.64. The van der Waals surface area contributed by atoms with Crippen LogP contribution in [0, 0.1) is 28.6 Å². The van der Waals surface area contributed by atoms with Crippen molar-refractivity contribution < 1.29 is 31.6 Å². The Bertz CT molecular complexity index is 2200. The van der Waals surface area contributed by atoms with Gasteiger partial charge in [0.25, 0.3) is 0 Å². The van der Waals surface area contributed by atoms with Crippen molar-refractivity contribution in [1.82, 2.24) is 14.8 Å². The largest absolute Gasteiger partial charge is 0.411 e. The molecule has 13 nitrogen and oxygen atoms in total. The van der Waals surface area contributed by atoms with E-state index in [0.29, 0.717) is 31.5 Å². The lowest BCUT2D eigenvalue weighted by Crippen LogP contribution is -2.47. The highest BCUT2D eigenvalue weighted by atomic mass is 32.2. The third-order valence-electron chi connectivity index (χ3n) is 14.3. The maximum absolute atomic E-state index is 13.6. The summed E-state index contributed by atoms with van der Waals surface area (Å²) in [6.07, 6.45) is 11.1. The number of anilines is 2. The van der Waals surface area contributed by atoms with E-state index in [9.17, 15) is 31.6 Å². The van der Waals surface area contributed by atoms with Crippen molar-refractivity contribution in [1.29, 1.82) is 0 Å². The van der Waals surface area contributed by atoms with E-state index in [1.807, 2.05) is 13.8 Å². The van der Waals surface area contributed by atoms with Crippen LogP contribution < -0.4 is 25.4 Å². The highest BCUT2D eigenvalue weighted by Crippen LogP contribution is 2.64. The Morgan fingerprint density at radius 2 is 1.31 bits per heavy atom. The van der Waals surface area contributed by atoms with Gasteiger partial charge in [0.15, 0.2) is 0 Å². The molecule has 0 aromatic heterocycles. The Morgan fingerprint density at radius 3 is 1.82 bits per heavy atom. The van der Waals surface area contributed by atoms with Gasteiger partial charge in [0.2, 0.25) is 20.0 Å². The van der Waals surface area contributed by atoms with Crippen LogP contribution in [-0.2, 0) is 71.4 Å². The average Bonchev–Trinajstić information content (AvgIpc) is 3.96. The fraction of sp³-hybridized carbons (Fsp3) is 0.625. The van der Waals surface area contributed by atoms with E-state index in [4.69, 9.17) is 0 Å². The van der Waals surface area contributed by atoms with Crippen LogP contribution in [0.25, 0.3) is 0 Å². The van der Waals surface area contributed by atoms with Gasteiger partial charge in [0.1, 0.15) is 0 Å². The Kier molecular flexibility index (Phi) is 9.76. The zero-order chi connectivity index (χ0) is 38.9. The summed E-state index contributed by atoms with van der Waals surface area (Å²) in [5, 5.41) is 22.2. The first-order valence-electron chi connectivity index (χ1n) is 20.0. The number of fused-ring (bicyclic) bond motifs is 6. The number of hydrogen-bond donors (Lipinski definition) is 6. The number of sulfonamides is 2. The number of amides is 4. The number of urea groups is 2. The molecule has 2 fully saturated rings. The van der Waals surface area contributed by atoms with E-state index < -0.39 is 37.5 Å². The van der Waals surface area contributed by atoms with Crippen LogP contribution in [0.5, 0.6) is 0 Å². The Balaban J connectivity index is 0.987. The van der Waals surface area contributed by atoms with Gasteiger partial charge in [-0.3, -0.25) is 0 Å². The first-order valence-corrected chi connectivity index (χ1v) is 23.3. The van der Waals surface area contributed by atoms with Gasteiger partial charge in [0, 0.05) is 16.8 Å². The van der Waals surface area contributed by atoms with E-state index in [1.165, 1.54) is 22.3 Å². The predicted molar refractivity (Wildman–Crippen MR) is 212 cm³/mol. The SMILES string of the molecule is CNCCCS(=O)(=O)NC(=O)Nc1c2c(cc3c1CC(C1Cc4cc5c(c(NC(=O)NS(=O)(=O)C[C@]67CCC(C/C6=N\O)C7(C)C)c4C1)CCC5)C3)CCC2. The summed E-state index contributed by atoms with van der Waals surface area (Å²) in [5.74, 6) is 0.343. The number of nitrogens with one attached hydrogen (secondary N) is 5. The van der Waals surface area contributed by atoms with Crippen LogP contribution in [0.1, 0.15) is 96.9 Å². The minimum absolute atomic E-state index is 0.144. The molecule has 6 aliphatic carbocycles. The van der Waals surface area contributed by atoms with Crippen LogP contribution in [0.4, 0.5) is 21.0 Å². The molecule has 2 bridgehead atoms. The molecular formula is C40H54N6O7S2. The van der Waals surface area contributed by atoms with Gasteiger partial charge >= 0.3 is 12.1 Å². The van der Waals surface area contributed by atoms with Crippen molar-refractivity contribution in [2.45, 2.75) is 104 Å². The fourth-order valence-electron chi connectivity index (χ4n) is 11.4. The Hall–Kier alpha value is -3.69. The molecule has 0 heterocycles. The van der Waals surface area contributed by atoms with E-state index >= 15 is 0 Å². The second-order valence-corrected chi connectivity index (χ2v) is 21.1. The topological polar surface area (TPSA) is 195 Å². The Labute approximate surface area is 324 Å². The number of hydrogen-bond acceptors (Lipinski definition) is 9. The fourth-order valence-corrected chi connectivity index (χ4v) is 14.1. The number of aryl methyl sites for hydroxylation is 2. The van der Waals surface area contributed by atoms with E-state index in [-0.39, 0.29) is 34.7 Å². The lowest BCUT2D eigenvalue weighted by Gasteiger charge is -2.37. The number of benzene rings is 2. The summed E-state index contributed by atoms with van der Waals surface area (Å²) >= 11 is 0. The van der Waals surface area contributed by atoms with Crippen molar-refractivity contribution in [3.63, 3.8) is 0 Å². The van der Waals surface area contributed by atoms with Crippen molar-refractivity contribution in [3.05, 3.63) is 56.6 Å². The highest BCUT2D eigenvalue weighted by molar-refractivity contribution is 7.90. The van der Waals surface area contributed by atoms with Crippen molar-refractivity contribution in [3.8, 4) is 0 Å². The van der Waals surface area contributed by atoms with Crippen molar-refractivity contribution in [2.24, 2.45) is 33.7 Å². The second kappa shape index (κ2) is 14.0. The standard InChI is InChI=1S/C40H54N6O7S2/c1-39(2)29-11-12-40(39,34(21-29)44-49)22-55(52,53)46-38(48)43-36-31-10-5-8-24(31)16-28-18-26(20-33(28)36)25-17-27-15-23-7-4-9-30(23)35(32(27)19-25)42-37(47)45-54(50,51)14-6-13-41-3/h15-16,25-26,29,41,49H,4-14,17-22H2,1-3H3,(H2,42,45,47)(H2,43,46,48)/b44-34+/t25?,26?,29?,40-/m1/s1. The summed E-state index contributed by atoms with van der Waals surface area (Å²) in [4.78, 5) is 26.7. The number of nitrogens with zero attached hydrogens (tertiary/aromatic N) is 1. The molecule has 6 aliphatic rings. The lowest BCUT2D eigenvalue weighted by atomic mass is 9.70.